The number of hydrogen-bond donors (Lipinski definition) is 1. The molecular formula is C15H12F3N3O4S. The first kappa shape index (κ1) is 18.1. The zero-order valence-corrected chi connectivity index (χ0v) is 13.8. The van der Waals surface area contributed by atoms with Crippen molar-refractivity contribution in [2.45, 2.75) is 17.6 Å². The molecule has 0 amide bonds. The number of H-pyrrole nitrogens is 1. The van der Waals surface area contributed by atoms with Gasteiger partial charge in [-0.15, -0.1) is 0 Å². The third-order valence-corrected chi connectivity index (χ3v) is 5.24. The summed E-state index contributed by atoms with van der Waals surface area (Å²) >= 11 is 0. The molecule has 0 spiro atoms. The van der Waals surface area contributed by atoms with Crippen molar-refractivity contribution in [3.05, 3.63) is 58.8 Å². The van der Waals surface area contributed by atoms with Crippen LogP contribution >= 0.6 is 0 Å². The maximum atomic E-state index is 12.9. The highest BCUT2D eigenvalue weighted by atomic mass is 32.2. The third-order valence-electron chi connectivity index (χ3n) is 3.45. The van der Waals surface area contributed by atoms with Crippen molar-refractivity contribution in [3.8, 4) is 0 Å². The number of hydrogen-bond acceptors (Lipinski definition) is 5. The quantitative estimate of drug-likeness (QED) is 0.725. The second-order valence-electron chi connectivity index (χ2n) is 5.38. The Hall–Kier alpha value is -2.66. The lowest BCUT2D eigenvalue weighted by Gasteiger charge is -2.23. The smallest absolute Gasteiger partial charge is 0.408 e. The maximum Gasteiger partial charge on any atom is 0.417 e. The molecule has 138 valence electrons. The average molecular weight is 387 g/mol. The third kappa shape index (κ3) is 3.94. The number of oxazole rings is 1. The van der Waals surface area contributed by atoms with Gasteiger partial charge in [0.05, 0.1) is 22.7 Å². The number of sulfonamides is 1. The van der Waals surface area contributed by atoms with E-state index in [0.29, 0.717) is 0 Å². The standard InChI is InChI=1S/C15H12F3N3O4S/c16-15(17,18)9-21(8-10-3-1-2-6-19-10)26(23,24)11-4-5-13-12(7-11)20-14(22)25-13/h1-7H,8-9H2,(H,20,22). The Morgan fingerprint density at radius 3 is 2.62 bits per heavy atom. The first-order chi connectivity index (χ1) is 12.1. The molecule has 26 heavy (non-hydrogen) atoms. The molecule has 2 aromatic heterocycles. The molecule has 0 bridgehead atoms. The molecule has 7 nitrogen and oxygen atoms in total. The number of aromatic amines is 1. The van der Waals surface area contributed by atoms with E-state index in [9.17, 15) is 26.4 Å². The highest BCUT2D eigenvalue weighted by Gasteiger charge is 2.37. The Bertz CT molecular complexity index is 1070. The van der Waals surface area contributed by atoms with Crippen LogP contribution in [0.25, 0.3) is 11.1 Å². The summed E-state index contributed by atoms with van der Waals surface area (Å²) in [7, 11) is -4.51. The van der Waals surface area contributed by atoms with Crippen molar-refractivity contribution in [2.75, 3.05) is 6.54 Å². The fourth-order valence-corrected chi connectivity index (χ4v) is 3.76. The molecule has 3 aromatic rings. The second kappa shape index (κ2) is 6.57. The monoisotopic (exact) mass is 387 g/mol. The van der Waals surface area contributed by atoms with Crippen LogP contribution in [0.1, 0.15) is 5.69 Å². The molecule has 0 saturated carbocycles. The molecule has 1 N–H and O–H groups in total. The molecule has 0 atom stereocenters. The van der Waals surface area contributed by atoms with Crippen LogP contribution in [0.15, 0.2) is 56.7 Å². The second-order valence-corrected chi connectivity index (χ2v) is 7.32. The summed E-state index contributed by atoms with van der Waals surface area (Å²) in [4.78, 5) is 16.9. The lowest BCUT2D eigenvalue weighted by molar-refractivity contribution is -0.137. The SMILES string of the molecule is O=c1[nH]c2cc(S(=O)(=O)N(Cc3ccccn3)CC(F)(F)F)ccc2o1. The number of fused-ring (bicyclic) bond motifs is 1. The summed E-state index contributed by atoms with van der Waals surface area (Å²) in [5, 5.41) is 0. The van der Waals surface area contributed by atoms with Gasteiger partial charge < -0.3 is 4.42 Å². The largest absolute Gasteiger partial charge is 0.417 e. The van der Waals surface area contributed by atoms with Gasteiger partial charge in [0.15, 0.2) is 5.58 Å². The first-order valence-corrected chi connectivity index (χ1v) is 8.69. The number of aromatic nitrogens is 2. The molecule has 1 aromatic carbocycles. The fourth-order valence-electron chi connectivity index (χ4n) is 2.34. The van der Waals surface area contributed by atoms with E-state index in [0.717, 1.165) is 12.1 Å². The summed E-state index contributed by atoms with van der Waals surface area (Å²) in [6.45, 7) is -2.23. The number of nitrogens with zero attached hydrogens (tertiary/aromatic N) is 2. The van der Waals surface area contributed by atoms with Gasteiger partial charge in [0.25, 0.3) is 0 Å². The minimum absolute atomic E-state index is 0.0702. The van der Waals surface area contributed by atoms with Crippen LogP contribution in [0.3, 0.4) is 0 Å². The number of benzene rings is 1. The minimum atomic E-state index is -4.74. The summed E-state index contributed by atoms with van der Waals surface area (Å²) in [5.41, 5.74) is 0.333. The topological polar surface area (TPSA) is 96.3 Å². The lowest BCUT2D eigenvalue weighted by atomic mass is 10.3. The van der Waals surface area contributed by atoms with Crippen LogP contribution in [0.2, 0.25) is 0 Å². The number of nitrogens with one attached hydrogen (secondary N) is 1. The molecule has 0 aliphatic rings. The van der Waals surface area contributed by atoms with Crippen LogP contribution in [-0.4, -0.2) is 35.4 Å². The molecule has 0 radical (unpaired) electrons. The van der Waals surface area contributed by atoms with Gasteiger partial charge in [0.1, 0.15) is 6.54 Å². The molecular weight excluding hydrogens is 375 g/mol. The predicted octanol–water partition coefficient (Wildman–Crippen LogP) is 2.27. The van der Waals surface area contributed by atoms with E-state index in [1.165, 1.54) is 18.3 Å². The number of rotatable bonds is 5. The van der Waals surface area contributed by atoms with Gasteiger partial charge in [-0.25, -0.2) is 13.2 Å². The number of pyridine rings is 1. The van der Waals surface area contributed by atoms with Gasteiger partial charge in [-0.1, -0.05) is 6.07 Å². The van der Waals surface area contributed by atoms with Crippen molar-refractivity contribution in [1.82, 2.24) is 14.3 Å². The van der Waals surface area contributed by atoms with E-state index in [1.54, 1.807) is 12.1 Å². The van der Waals surface area contributed by atoms with Crippen LogP contribution in [0, 0.1) is 0 Å². The van der Waals surface area contributed by atoms with Crippen molar-refractivity contribution < 1.29 is 26.0 Å². The molecule has 2 heterocycles. The summed E-state index contributed by atoms with van der Waals surface area (Å²) in [6.07, 6.45) is -3.38. The molecule has 0 aliphatic carbocycles. The molecule has 0 unspecified atom stereocenters. The van der Waals surface area contributed by atoms with Crippen LogP contribution in [0.4, 0.5) is 13.2 Å². The highest BCUT2D eigenvalue weighted by Crippen LogP contribution is 2.25. The van der Waals surface area contributed by atoms with Crippen molar-refractivity contribution >= 4 is 21.1 Å². The van der Waals surface area contributed by atoms with Gasteiger partial charge in [-0.3, -0.25) is 9.97 Å². The lowest BCUT2D eigenvalue weighted by Crippen LogP contribution is -2.38. The number of alkyl halides is 3. The van der Waals surface area contributed by atoms with Gasteiger partial charge in [-0.2, -0.15) is 17.5 Å². The summed E-state index contributed by atoms with van der Waals surface area (Å²) < 4.78 is 69.3. The van der Waals surface area contributed by atoms with Crippen molar-refractivity contribution in [2.24, 2.45) is 0 Å². The normalized spacial score (nSPS) is 12.8. The Morgan fingerprint density at radius 1 is 1.19 bits per heavy atom. The zero-order valence-electron chi connectivity index (χ0n) is 13.0. The first-order valence-electron chi connectivity index (χ1n) is 7.25. The van der Waals surface area contributed by atoms with E-state index < -0.39 is 39.9 Å². The van der Waals surface area contributed by atoms with E-state index in [1.807, 2.05) is 0 Å². The summed E-state index contributed by atoms with van der Waals surface area (Å²) in [6, 6.07) is 7.87. The Balaban J connectivity index is 2.02. The number of halogens is 3. The van der Waals surface area contributed by atoms with Gasteiger partial charge in [0.2, 0.25) is 10.0 Å². The van der Waals surface area contributed by atoms with Gasteiger partial charge in [0, 0.05) is 6.20 Å². The minimum Gasteiger partial charge on any atom is -0.408 e. The van der Waals surface area contributed by atoms with E-state index in [2.05, 4.69) is 9.97 Å². The van der Waals surface area contributed by atoms with Crippen LogP contribution in [-0.2, 0) is 16.6 Å². The molecule has 11 heteroatoms. The van der Waals surface area contributed by atoms with Gasteiger partial charge >= 0.3 is 11.9 Å². The molecule has 0 fully saturated rings. The fraction of sp³-hybridized carbons (Fsp3) is 0.200. The average Bonchev–Trinajstić information content (AvgIpc) is 2.93. The van der Waals surface area contributed by atoms with E-state index in [-0.39, 0.29) is 21.1 Å². The van der Waals surface area contributed by atoms with E-state index >= 15 is 0 Å². The predicted molar refractivity (Wildman–Crippen MR) is 84.7 cm³/mol. The van der Waals surface area contributed by atoms with Crippen molar-refractivity contribution in [3.63, 3.8) is 0 Å². The molecule has 3 rings (SSSR count). The Morgan fingerprint density at radius 2 is 1.96 bits per heavy atom. The zero-order chi connectivity index (χ0) is 18.9. The van der Waals surface area contributed by atoms with Gasteiger partial charge in [-0.05, 0) is 30.3 Å². The molecule has 0 saturated heterocycles. The molecule has 0 aliphatic heterocycles. The van der Waals surface area contributed by atoms with Crippen LogP contribution in [0.5, 0.6) is 0 Å². The Kier molecular flexibility index (Phi) is 4.59. The van der Waals surface area contributed by atoms with E-state index in [4.69, 9.17) is 4.42 Å². The Labute approximate surface area is 145 Å². The highest BCUT2D eigenvalue weighted by molar-refractivity contribution is 7.89. The van der Waals surface area contributed by atoms with Crippen molar-refractivity contribution in [1.29, 1.82) is 0 Å². The maximum absolute atomic E-state index is 12.9. The van der Waals surface area contributed by atoms with Crippen LogP contribution < -0.4 is 5.76 Å². The summed E-state index contributed by atoms with van der Waals surface area (Å²) in [5.74, 6) is -0.796.